The van der Waals surface area contributed by atoms with Crippen LogP contribution in [0.2, 0.25) is 0 Å². The largest absolute Gasteiger partial charge is 0.358 e. The number of nitrogens with one attached hydrogen (secondary N) is 2. The van der Waals surface area contributed by atoms with Gasteiger partial charge >= 0.3 is 0 Å². The standard InChI is InChI=1S/C19H20N2/c1-2-4-14(5-3-1)12-15-6-7-18-17(13-15)16-8-10-20-11-9-19(16)21-18/h1-7,13,20-21H,8-12H2. The highest BCUT2D eigenvalue weighted by molar-refractivity contribution is 5.85. The van der Waals surface area contributed by atoms with E-state index in [9.17, 15) is 0 Å². The molecule has 0 aliphatic carbocycles. The maximum Gasteiger partial charge on any atom is 0.0459 e. The van der Waals surface area contributed by atoms with Gasteiger partial charge in [0, 0.05) is 29.6 Å². The minimum atomic E-state index is 1.01. The smallest absolute Gasteiger partial charge is 0.0459 e. The topological polar surface area (TPSA) is 27.8 Å². The van der Waals surface area contributed by atoms with Crippen molar-refractivity contribution in [2.24, 2.45) is 0 Å². The lowest BCUT2D eigenvalue weighted by Gasteiger charge is -2.04. The van der Waals surface area contributed by atoms with E-state index in [0.29, 0.717) is 0 Å². The zero-order chi connectivity index (χ0) is 14.1. The van der Waals surface area contributed by atoms with Gasteiger partial charge in [-0.25, -0.2) is 0 Å². The molecule has 3 aromatic rings. The summed E-state index contributed by atoms with van der Waals surface area (Å²) in [6, 6.07) is 17.6. The summed E-state index contributed by atoms with van der Waals surface area (Å²) in [6.45, 7) is 2.17. The van der Waals surface area contributed by atoms with Gasteiger partial charge in [-0.1, -0.05) is 36.4 Å². The van der Waals surface area contributed by atoms with Crippen LogP contribution in [-0.2, 0) is 19.3 Å². The lowest BCUT2D eigenvalue weighted by atomic mass is 10.0. The summed E-state index contributed by atoms with van der Waals surface area (Å²) < 4.78 is 0. The van der Waals surface area contributed by atoms with Crippen LogP contribution in [0.3, 0.4) is 0 Å². The normalized spacial score (nSPS) is 14.9. The van der Waals surface area contributed by atoms with Gasteiger partial charge < -0.3 is 10.3 Å². The van der Waals surface area contributed by atoms with Gasteiger partial charge in [-0.05, 0) is 48.2 Å². The van der Waals surface area contributed by atoms with E-state index in [4.69, 9.17) is 0 Å². The predicted octanol–water partition coefficient (Wildman–Crippen LogP) is 3.45. The molecule has 0 radical (unpaired) electrons. The second-order valence-corrected chi connectivity index (χ2v) is 5.87. The Bertz CT molecular complexity index is 756. The van der Waals surface area contributed by atoms with Gasteiger partial charge in [0.2, 0.25) is 0 Å². The third-order valence-corrected chi connectivity index (χ3v) is 4.41. The molecule has 2 nitrogen and oxygen atoms in total. The van der Waals surface area contributed by atoms with Crippen LogP contribution in [0.1, 0.15) is 22.4 Å². The molecule has 1 aliphatic rings. The van der Waals surface area contributed by atoms with Crippen molar-refractivity contribution >= 4 is 10.9 Å². The molecule has 2 N–H and O–H groups in total. The maximum atomic E-state index is 3.61. The number of aromatic nitrogens is 1. The zero-order valence-corrected chi connectivity index (χ0v) is 12.2. The van der Waals surface area contributed by atoms with Crippen LogP contribution in [0.4, 0.5) is 0 Å². The summed E-state index contributed by atoms with van der Waals surface area (Å²) in [5.41, 5.74) is 7.00. The van der Waals surface area contributed by atoms with Gasteiger partial charge in [0.1, 0.15) is 0 Å². The number of H-pyrrole nitrogens is 1. The molecular formula is C19H20N2. The van der Waals surface area contributed by atoms with Gasteiger partial charge in [0.15, 0.2) is 0 Å². The average Bonchev–Trinajstić information content (AvgIpc) is 2.70. The van der Waals surface area contributed by atoms with Crippen LogP contribution in [0.5, 0.6) is 0 Å². The first-order chi connectivity index (χ1) is 10.4. The van der Waals surface area contributed by atoms with E-state index >= 15 is 0 Å². The van der Waals surface area contributed by atoms with E-state index < -0.39 is 0 Å². The Morgan fingerprint density at radius 3 is 2.62 bits per heavy atom. The van der Waals surface area contributed by atoms with Gasteiger partial charge in [0.05, 0.1) is 0 Å². The Balaban J connectivity index is 1.73. The van der Waals surface area contributed by atoms with Crippen molar-refractivity contribution in [3.8, 4) is 0 Å². The number of benzene rings is 2. The molecule has 2 heteroatoms. The summed E-state index contributed by atoms with van der Waals surface area (Å²) in [7, 11) is 0. The monoisotopic (exact) mass is 276 g/mol. The molecular weight excluding hydrogens is 256 g/mol. The van der Waals surface area contributed by atoms with Crippen molar-refractivity contribution in [2.45, 2.75) is 19.3 Å². The Kier molecular flexibility index (Phi) is 3.24. The van der Waals surface area contributed by atoms with Crippen LogP contribution >= 0.6 is 0 Å². The number of fused-ring (bicyclic) bond motifs is 3. The molecule has 0 amide bonds. The maximum absolute atomic E-state index is 3.61. The fourth-order valence-electron chi connectivity index (χ4n) is 3.34. The van der Waals surface area contributed by atoms with Crippen molar-refractivity contribution < 1.29 is 0 Å². The highest BCUT2D eigenvalue weighted by Gasteiger charge is 2.14. The molecule has 4 rings (SSSR count). The van der Waals surface area contributed by atoms with E-state index in [1.54, 1.807) is 0 Å². The van der Waals surface area contributed by atoms with Crippen molar-refractivity contribution in [2.75, 3.05) is 13.1 Å². The molecule has 2 aromatic carbocycles. The summed E-state index contributed by atoms with van der Waals surface area (Å²) >= 11 is 0. The lowest BCUT2D eigenvalue weighted by Crippen LogP contribution is -2.16. The van der Waals surface area contributed by atoms with Crippen molar-refractivity contribution in [1.29, 1.82) is 0 Å². The van der Waals surface area contributed by atoms with Crippen molar-refractivity contribution in [1.82, 2.24) is 10.3 Å². The number of aromatic amines is 1. The third kappa shape index (κ3) is 2.47. The number of hydrogen-bond acceptors (Lipinski definition) is 1. The first kappa shape index (κ1) is 12.7. The Hall–Kier alpha value is -2.06. The van der Waals surface area contributed by atoms with Crippen LogP contribution in [-0.4, -0.2) is 18.1 Å². The fraction of sp³-hybridized carbons (Fsp3) is 0.263. The summed E-state index contributed by atoms with van der Waals surface area (Å²) in [4.78, 5) is 3.61. The number of rotatable bonds is 2. The predicted molar refractivity (Wildman–Crippen MR) is 87.8 cm³/mol. The van der Waals surface area contributed by atoms with Gasteiger partial charge in [-0.3, -0.25) is 0 Å². The van der Waals surface area contributed by atoms with Gasteiger partial charge in [0.25, 0.3) is 0 Å². The van der Waals surface area contributed by atoms with E-state index in [1.165, 1.54) is 33.3 Å². The molecule has 0 bridgehead atoms. The Labute approximate surface area is 125 Å². The molecule has 0 saturated heterocycles. The Morgan fingerprint density at radius 1 is 0.857 bits per heavy atom. The SMILES string of the molecule is c1ccc(Cc2ccc3[nH]c4c(c3c2)CCNCC4)cc1. The van der Waals surface area contributed by atoms with Crippen LogP contribution in [0, 0.1) is 0 Å². The molecule has 106 valence electrons. The van der Waals surface area contributed by atoms with Crippen LogP contribution in [0.25, 0.3) is 10.9 Å². The minimum Gasteiger partial charge on any atom is -0.358 e. The van der Waals surface area contributed by atoms with E-state index in [-0.39, 0.29) is 0 Å². The van der Waals surface area contributed by atoms with Crippen molar-refractivity contribution in [3.05, 3.63) is 70.9 Å². The summed E-state index contributed by atoms with van der Waals surface area (Å²) in [5.74, 6) is 0. The zero-order valence-electron chi connectivity index (χ0n) is 12.2. The third-order valence-electron chi connectivity index (χ3n) is 4.41. The van der Waals surface area contributed by atoms with E-state index in [2.05, 4.69) is 58.8 Å². The molecule has 21 heavy (non-hydrogen) atoms. The van der Waals surface area contributed by atoms with E-state index in [0.717, 1.165) is 32.4 Å². The second kappa shape index (κ2) is 5.38. The first-order valence-corrected chi connectivity index (χ1v) is 7.77. The molecule has 0 fully saturated rings. The molecule has 1 aliphatic heterocycles. The average molecular weight is 276 g/mol. The molecule has 0 unspecified atom stereocenters. The van der Waals surface area contributed by atoms with Gasteiger partial charge in [-0.2, -0.15) is 0 Å². The van der Waals surface area contributed by atoms with Crippen LogP contribution in [0.15, 0.2) is 48.5 Å². The van der Waals surface area contributed by atoms with Crippen LogP contribution < -0.4 is 5.32 Å². The molecule has 0 spiro atoms. The first-order valence-electron chi connectivity index (χ1n) is 7.77. The highest BCUT2D eigenvalue weighted by atomic mass is 14.9. The molecule has 1 aromatic heterocycles. The molecule has 0 saturated carbocycles. The highest BCUT2D eigenvalue weighted by Crippen LogP contribution is 2.26. The van der Waals surface area contributed by atoms with Crippen molar-refractivity contribution in [3.63, 3.8) is 0 Å². The quantitative estimate of drug-likeness (QED) is 0.737. The van der Waals surface area contributed by atoms with Gasteiger partial charge in [-0.15, -0.1) is 0 Å². The minimum absolute atomic E-state index is 1.01. The second-order valence-electron chi connectivity index (χ2n) is 5.87. The lowest BCUT2D eigenvalue weighted by molar-refractivity contribution is 0.708. The summed E-state index contributed by atoms with van der Waals surface area (Å²) in [6.07, 6.45) is 3.25. The fourth-order valence-corrected chi connectivity index (χ4v) is 3.34. The number of hydrogen-bond donors (Lipinski definition) is 2. The summed E-state index contributed by atoms with van der Waals surface area (Å²) in [5, 5.41) is 4.90. The molecule has 0 atom stereocenters. The Morgan fingerprint density at radius 2 is 1.71 bits per heavy atom. The van der Waals surface area contributed by atoms with E-state index in [1.807, 2.05) is 0 Å². The molecule has 2 heterocycles.